The Balaban J connectivity index is 1.63. The van der Waals surface area contributed by atoms with Crippen molar-refractivity contribution < 1.29 is 4.79 Å². The van der Waals surface area contributed by atoms with E-state index in [9.17, 15) is 14.4 Å². The monoisotopic (exact) mass is 370 g/mol. The fourth-order valence-electron chi connectivity index (χ4n) is 3.59. The zero-order chi connectivity index (χ0) is 19.6. The van der Waals surface area contributed by atoms with E-state index in [1.165, 1.54) is 17.7 Å². The van der Waals surface area contributed by atoms with Crippen molar-refractivity contribution in [2.75, 3.05) is 37.6 Å². The van der Waals surface area contributed by atoms with Gasteiger partial charge in [0.2, 0.25) is 0 Å². The molecule has 0 atom stereocenters. The van der Waals surface area contributed by atoms with Gasteiger partial charge in [0.15, 0.2) is 5.78 Å². The first-order chi connectivity index (χ1) is 12.9. The zero-order valence-corrected chi connectivity index (χ0v) is 16.1. The molecule has 0 aliphatic carbocycles. The van der Waals surface area contributed by atoms with Gasteiger partial charge in [0.25, 0.3) is 5.56 Å². The molecule has 0 unspecified atom stereocenters. The molecule has 1 aromatic heterocycles. The highest BCUT2D eigenvalue weighted by molar-refractivity contribution is 5.95. The van der Waals surface area contributed by atoms with Crippen LogP contribution in [0.2, 0.25) is 0 Å². The summed E-state index contributed by atoms with van der Waals surface area (Å²) in [5.74, 6) is 0.770. The van der Waals surface area contributed by atoms with Gasteiger partial charge in [-0.25, -0.2) is 4.79 Å². The second-order valence-electron chi connectivity index (χ2n) is 7.03. The number of aromatic nitrogens is 2. The van der Waals surface area contributed by atoms with E-state index >= 15 is 0 Å². The number of piperazine rings is 1. The van der Waals surface area contributed by atoms with Gasteiger partial charge in [-0.05, 0) is 18.9 Å². The zero-order valence-electron chi connectivity index (χ0n) is 16.1. The highest BCUT2D eigenvalue weighted by atomic mass is 16.2. The molecule has 0 bridgehead atoms. The lowest BCUT2D eigenvalue weighted by molar-refractivity contribution is 0.101. The van der Waals surface area contributed by atoms with Crippen LogP contribution in [0.1, 0.15) is 22.8 Å². The lowest BCUT2D eigenvalue weighted by Crippen LogP contribution is -2.49. The van der Waals surface area contributed by atoms with Crippen LogP contribution in [0.15, 0.2) is 39.9 Å². The molecule has 1 fully saturated rings. The number of benzene rings is 1. The van der Waals surface area contributed by atoms with E-state index in [1.807, 2.05) is 24.3 Å². The summed E-state index contributed by atoms with van der Waals surface area (Å²) in [5.41, 5.74) is 1.30. The molecule has 0 amide bonds. The van der Waals surface area contributed by atoms with Gasteiger partial charge in [0.1, 0.15) is 5.82 Å². The molecule has 0 spiro atoms. The molecule has 1 aliphatic rings. The van der Waals surface area contributed by atoms with Gasteiger partial charge in [-0.3, -0.25) is 23.6 Å². The van der Waals surface area contributed by atoms with Crippen molar-refractivity contribution in [2.45, 2.75) is 13.3 Å². The third-order valence-electron chi connectivity index (χ3n) is 5.29. The first-order valence-corrected chi connectivity index (χ1v) is 9.21. The van der Waals surface area contributed by atoms with Crippen LogP contribution in [0.3, 0.4) is 0 Å². The predicted octanol–water partition coefficient (Wildman–Crippen LogP) is 0.651. The molecule has 0 radical (unpaired) electrons. The Kier molecular flexibility index (Phi) is 5.60. The Morgan fingerprint density at radius 3 is 2.33 bits per heavy atom. The second-order valence-corrected chi connectivity index (χ2v) is 7.03. The summed E-state index contributed by atoms with van der Waals surface area (Å²) < 4.78 is 2.65. The molecule has 1 aliphatic heterocycles. The highest BCUT2D eigenvalue weighted by Crippen LogP contribution is 2.14. The van der Waals surface area contributed by atoms with E-state index in [2.05, 4.69) is 9.80 Å². The van der Waals surface area contributed by atoms with Crippen LogP contribution in [0.4, 0.5) is 5.82 Å². The summed E-state index contributed by atoms with van der Waals surface area (Å²) in [5, 5.41) is 0. The number of carbonyl (C=O) groups excluding carboxylic acids is 1. The minimum absolute atomic E-state index is 0.0991. The Morgan fingerprint density at radius 2 is 1.67 bits per heavy atom. The quantitative estimate of drug-likeness (QED) is 0.723. The van der Waals surface area contributed by atoms with Gasteiger partial charge in [-0.1, -0.05) is 24.3 Å². The second kappa shape index (κ2) is 7.92. The van der Waals surface area contributed by atoms with Crippen molar-refractivity contribution in [3.05, 3.63) is 62.3 Å². The van der Waals surface area contributed by atoms with Crippen LogP contribution in [-0.4, -0.2) is 52.5 Å². The molecule has 0 N–H and O–H groups in total. The summed E-state index contributed by atoms with van der Waals surface area (Å²) in [4.78, 5) is 40.3. The number of Topliss-reactive ketones (excluding diaryl/α,β-unsaturated/α-hetero) is 1. The summed E-state index contributed by atoms with van der Waals surface area (Å²) >= 11 is 0. The summed E-state index contributed by atoms with van der Waals surface area (Å²) in [6, 6.07) is 9.29. The van der Waals surface area contributed by atoms with E-state index in [-0.39, 0.29) is 17.0 Å². The normalized spacial score (nSPS) is 15.1. The number of ketones is 1. The van der Waals surface area contributed by atoms with Gasteiger partial charge in [-0.2, -0.15) is 0 Å². The number of rotatable bonds is 5. The maximum atomic E-state index is 12.1. The average Bonchev–Trinajstić information content (AvgIpc) is 2.68. The van der Waals surface area contributed by atoms with E-state index in [1.54, 1.807) is 14.0 Å². The number of hydrogen-bond acceptors (Lipinski definition) is 5. The van der Waals surface area contributed by atoms with E-state index in [0.29, 0.717) is 5.82 Å². The maximum absolute atomic E-state index is 12.1. The fourth-order valence-corrected chi connectivity index (χ4v) is 3.59. The molecule has 1 aromatic carbocycles. The summed E-state index contributed by atoms with van der Waals surface area (Å²) in [7, 11) is 3.19. The molecule has 7 heteroatoms. The lowest BCUT2D eigenvalue weighted by Gasteiger charge is -2.36. The number of carbonyl (C=O) groups is 1. The first-order valence-electron chi connectivity index (χ1n) is 9.21. The van der Waals surface area contributed by atoms with Gasteiger partial charge in [-0.15, -0.1) is 0 Å². The molecule has 0 saturated carbocycles. The van der Waals surface area contributed by atoms with Crippen LogP contribution in [0, 0.1) is 0 Å². The van der Waals surface area contributed by atoms with Gasteiger partial charge in [0.05, 0.1) is 0 Å². The molecule has 7 nitrogen and oxygen atoms in total. The molecule has 27 heavy (non-hydrogen) atoms. The van der Waals surface area contributed by atoms with Crippen molar-refractivity contribution in [1.29, 1.82) is 0 Å². The molecule has 144 valence electrons. The summed E-state index contributed by atoms with van der Waals surface area (Å²) in [6.45, 7) is 5.71. The number of anilines is 1. The van der Waals surface area contributed by atoms with Crippen molar-refractivity contribution in [2.24, 2.45) is 14.1 Å². The third-order valence-corrected chi connectivity index (χ3v) is 5.29. The molecule has 2 heterocycles. The molecule has 1 saturated heterocycles. The van der Waals surface area contributed by atoms with Crippen LogP contribution >= 0.6 is 0 Å². The van der Waals surface area contributed by atoms with Crippen molar-refractivity contribution in [1.82, 2.24) is 14.0 Å². The molecular weight excluding hydrogens is 344 g/mol. The van der Waals surface area contributed by atoms with Crippen LogP contribution in [0.25, 0.3) is 0 Å². The van der Waals surface area contributed by atoms with E-state index in [4.69, 9.17) is 0 Å². The standard InChI is InChI=1S/C20H26N4O3/c1-15(25)17-7-5-4-6-16(17)8-9-23-10-12-24(13-11-23)18-14-19(26)22(3)20(27)21(18)2/h4-7,14H,8-13H2,1-3H3. The SMILES string of the molecule is CC(=O)c1ccccc1CCN1CCN(c2cc(=O)n(C)c(=O)n2C)CC1. The van der Waals surface area contributed by atoms with Crippen molar-refractivity contribution in [3.63, 3.8) is 0 Å². The number of nitrogens with zero attached hydrogens (tertiary/aromatic N) is 4. The van der Waals surface area contributed by atoms with E-state index in [0.717, 1.165) is 54.8 Å². The maximum Gasteiger partial charge on any atom is 0.332 e. The van der Waals surface area contributed by atoms with Crippen LogP contribution in [-0.2, 0) is 20.5 Å². The summed E-state index contributed by atoms with van der Waals surface area (Å²) in [6.07, 6.45) is 0.833. The van der Waals surface area contributed by atoms with Gasteiger partial charge < -0.3 is 4.90 Å². The predicted molar refractivity (Wildman–Crippen MR) is 106 cm³/mol. The Hall–Kier alpha value is -2.67. The Bertz CT molecular complexity index is 952. The fraction of sp³-hybridized carbons (Fsp3) is 0.450. The Labute approximate surface area is 158 Å². The molecule has 2 aromatic rings. The third kappa shape index (κ3) is 4.03. The topological polar surface area (TPSA) is 67.6 Å². The highest BCUT2D eigenvalue weighted by Gasteiger charge is 2.20. The average molecular weight is 370 g/mol. The van der Waals surface area contributed by atoms with Crippen LogP contribution in [0.5, 0.6) is 0 Å². The Morgan fingerprint density at radius 1 is 1.00 bits per heavy atom. The molecule has 3 rings (SSSR count). The lowest BCUT2D eigenvalue weighted by atomic mass is 10.0. The van der Waals surface area contributed by atoms with Crippen LogP contribution < -0.4 is 16.1 Å². The first kappa shape index (κ1) is 19.1. The molecular formula is C20H26N4O3. The van der Waals surface area contributed by atoms with Crippen molar-refractivity contribution in [3.8, 4) is 0 Å². The van der Waals surface area contributed by atoms with Gasteiger partial charge in [0, 0.05) is 58.4 Å². The van der Waals surface area contributed by atoms with Gasteiger partial charge >= 0.3 is 5.69 Å². The largest absolute Gasteiger partial charge is 0.355 e. The van der Waals surface area contributed by atoms with E-state index < -0.39 is 0 Å². The number of hydrogen-bond donors (Lipinski definition) is 0. The minimum Gasteiger partial charge on any atom is -0.355 e. The van der Waals surface area contributed by atoms with Crippen molar-refractivity contribution >= 4 is 11.6 Å². The minimum atomic E-state index is -0.305. The smallest absolute Gasteiger partial charge is 0.332 e.